The van der Waals surface area contributed by atoms with E-state index in [2.05, 4.69) is 20.6 Å². The van der Waals surface area contributed by atoms with Crippen LogP contribution in [-0.4, -0.2) is 15.9 Å². The number of carbonyl (C=O) groups excluding carboxylic acids is 1. The standard InChI is InChI=1S/C20H19FN4O/c1-12-5-4-6-17(13(12)2)25-19-11-18(22-14(3)23-19)20(26)24-16-9-7-15(21)8-10-16/h4-11H,1-3H3,(H,24,26)(H,22,23,25). The lowest BCUT2D eigenvalue weighted by Crippen LogP contribution is -2.15. The van der Waals surface area contributed by atoms with Gasteiger partial charge in [-0.3, -0.25) is 4.79 Å². The summed E-state index contributed by atoms with van der Waals surface area (Å²) in [5.74, 6) is 0.270. The summed E-state index contributed by atoms with van der Waals surface area (Å²) >= 11 is 0. The van der Waals surface area contributed by atoms with Crippen LogP contribution in [0.3, 0.4) is 0 Å². The van der Waals surface area contributed by atoms with Gasteiger partial charge in [0.05, 0.1) is 0 Å². The molecule has 2 aromatic carbocycles. The molecule has 1 aromatic heterocycles. The Labute approximate surface area is 151 Å². The number of hydrogen-bond acceptors (Lipinski definition) is 4. The largest absolute Gasteiger partial charge is 0.340 e. The van der Waals surface area contributed by atoms with Gasteiger partial charge in [0.1, 0.15) is 23.2 Å². The third-order valence-electron chi connectivity index (χ3n) is 4.04. The third kappa shape index (κ3) is 4.03. The highest BCUT2D eigenvalue weighted by Crippen LogP contribution is 2.22. The van der Waals surface area contributed by atoms with Gasteiger partial charge in [-0.15, -0.1) is 0 Å². The number of aromatic nitrogens is 2. The summed E-state index contributed by atoms with van der Waals surface area (Å²) in [6, 6.07) is 13.1. The normalized spacial score (nSPS) is 10.5. The van der Waals surface area contributed by atoms with Crippen molar-refractivity contribution in [2.75, 3.05) is 10.6 Å². The first-order chi connectivity index (χ1) is 12.4. The lowest BCUT2D eigenvalue weighted by atomic mass is 10.1. The fourth-order valence-corrected chi connectivity index (χ4v) is 2.50. The lowest BCUT2D eigenvalue weighted by molar-refractivity contribution is 0.102. The zero-order valence-corrected chi connectivity index (χ0v) is 14.8. The fourth-order valence-electron chi connectivity index (χ4n) is 2.50. The summed E-state index contributed by atoms with van der Waals surface area (Å²) in [6.45, 7) is 5.78. The first-order valence-corrected chi connectivity index (χ1v) is 8.18. The Bertz CT molecular complexity index is 955. The predicted octanol–water partition coefficient (Wildman–Crippen LogP) is 4.54. The smallest absolute Gasteiger partial charge is 0.274 e. The van der Waals surface area contributed by atoms with E-state index in [-0.39, 0.29) is 17.4 Å². The Kier molecular flexibility index (Phi) is 4.93. The maximum Gasteiger partial charge on any atom is 0.274 e. The summed E-state index contributed by atoms with van der Waals surface area (Å²) in [6.07, 6.45) is 0. The number of amides is 1. The predicted molar refractivity (Wildman–Crippen MR) is 100 cm³/mol. The van der Waals surface area contributed by atoms with Gasteiger partial charge < -0.3 is 10.6 Å². The van der Waals surface area contributed by atoms with E-state index in [9.17, 15) is 9.18 Å². The van der Waals surface area contributed by atoms with Crippen LogP contribution in [0, 0.1) is 26.6 Å². The molecule has 0 aliphatic rings. The number of halogens is 1. The van der Waals surface area contributed by atoms with Gasteiger partial charge in [0.15, 0.2) is 0 Å². The van der Waals surface area contributed by atoms with Gasteiger partial charge in [-0.1, -0.05) is 12.1 Å². The SMILES string of the molecule is Cc1nc(Nc2cccc(C)c2C)cc(C(=O)Nc2ccc(F)cc2)n1. The number of rotatable bonds is 4. The number of carbonyl (C=O) groups is 1. The fraction of sp³-hybridized carbons (Fsp3) is 0.150. The first kappa shape index (κ1) is 17.5. The molecule has 0 atom stereocenters. The van der Waals surface area contributed by atoms with Gasteiger partial charge in [-0.05, 0) is 62.2 Å². The Morgan fingerprint density at radius 1 is 1.00 bits per heavy atom. The Hall–Kier alpha value is -3.28. The van der Waals surface area contributed by atoms with Crippen molar-refractivity contribution >= 4 is 23.1 Å². The molecule has 3 rings (SSSR count). The lowest BCUT2D eigenvalue weighted by Gasteiger charge is -2.12. The van der Waals surface area contributed by atoms with Crippen LogP contribution < -0.4 is 10.6 Å². The molecule has 26 heavy (non-hydrogen) atoms. The first-order valence-electron chi connectivity index (χ1n) is 8.18. The maximum absolute atomic E-state index is 13.0. The van der Waals surface area contributed by atoms with Crippen LogP contribution in [0.1, 0.15) is 27.4 Å². The van der Waals surface area contributed by atoms with Crippen LogP contribution in [0.2, 0.25) is 0 Å². The van der Waals surface area contributed by atoms with Gasteiger partial charge in [-0.2, -0.15) is 0 Å². The van der Waals surface area contributed by atoms with Crippen molar-refractivity contribution in [2.45, 2.75) is 20.8 Å². The number of nitrogens with zero attached hydrogens (tertiary/aromatic N) is 2. The van der Waals surface area contributed by atoms with Gasteiger partial charge in [0.25, 0.3) is 5.91 Å². The molecule has 1 amide bonds. The minimum absolute atomic E-state index is 0.231. The van der Waals surface area contributed by atoms with Crippen LogP contribution in [0.4, 0.5) is 21.6 Å². The molecule has 0 spiro atoms. The van der Waals surface area contributed by atoms with Crippen LogP contribution in [0.15, 0.2) is 48.5 Å². The quantitative estimate of drug-likeness (QED) is 0.725. The zero-order valence-electron chi connectivity index (χ0n) is 14.8. The van der Waals surface area contributed by atoms with E-state index in [0.717, 1.165) is 16.8 Å². The van der Waals surface area contributed by atoms with E-state index in [1.165, 1.54) is 24.3 Å². The van der Waals surface area contributed by atoms with E-state index in [4.69, 9.17) is 0 Å². The molecule has 3 aromatic rings. The minimum Gasteiger partial charge on any atom is -0.340 e. The summed E-state index contributed by atoms with van der Waals surface area (Å²) in [7, 11) is 0. The van der Waals surface area contributed by atoms with E-state index in [1.54, 1.807) is 13.0 Å². The van der Waals surface area contributed by atoms with Gasteiger partial charge >= 0.3 is 0 Å². The highest BCUT2D eigenvalue weighted by Gasteiger charge is 2.12. The molecule has 0 aliphatic carbocycles. The molecule has 132 valence electrons. The van der Waals surface area contributed by atoms with Gasteiger partial charge in [-0.25, -0.2) is 14.4 Å². The van der Waals surface area contributed by atoms with Crippen molar-refractivity contribution in [3.05, 3.63) is 77.0 Å². The van der Waals surface area contributed by atoms with E-state index in [1.807, 2.05) is 32.0 Å². The Morgan fingerprint density at radius 2 is 1.73 bits per heavy atom. The molecule has 0 radical (unpaired) electrons. The topological polar surface area (TPSA) is 66.9 Å². The van der Waals surface area contributed by atoms with Crippen molar-refractivity contribution in [3.63, 3.8) is 0 Å². The highest BCUT2D eigenvalue weighted by molar-refractivity contribution is 6.03. The third-order valence-corrected chi connectivity index (χ3v) is 4.04. The van der Waals surface area contributed by atoms with Crippen molar-refractivity contribution < 1.29 is 9.18 Å². The molecule has 0 bridgehead atoms. The monoisotopic (exact) mass is 350 g/mol. The van der Waals surface area contributed by atoms with E-state index in [0.29, 0.717) is 17.3 Å². The van der Waals surface area contributed by atoms with E-state index >= 15 is 0 Å². The number of anilines is 3. The number of aryl methyl sites for hydroxylation is 2. The maximum atomic E-state index is 13.0. The summed E-state index contributed by atoms with van der Waals surface area (Å²) in [5, 5.41) is 5.94. The molecule has 2 N–H and O–H groups in total. The summed E-state index contributed by atoms with van der Waals surface area (Å²) in [4.78, 5) is 21.0. The molecular weight excluding hydrogens is 331 g/mol. The summed E-state index contributed by atoms with van der Waals surface area (Å²) < 4.78 is 13.0. The number of hydrogen-bond donors (Lipinski definition) is 2. The second-order valence-electron chi connectivity index (χ2n) is 6.02. The molecule has 0 saturated heterocycles. The molecule has 5 nitrogen and oxygen atoms in total. The highest BCUT2D eigenvalue weighted by atomic mass is 19.1. The van der Waals surface area contributed by atoms with Crippen LogP contribution in [-0.2, 0) is 0 Å². The van der Waals surface area contributed by atoms with Gasteiger partial charge in [0, 0.05) is 17.4 Å². The second kappa shape index (κ2) is 7.31. The number of nitrogens with one attached hydrogen (secondary N) is 2. The Morgan fingerprint density at radius 3 is 2.46 bits per heavy atom. The van der Waals surface area contributed by atoms with Crippen LogP contribution in [0.25, 0.3) is 0 Å². The second-order valence-corrected chi connectivity index (χ2v) is 6.02. The molecule has 0 unspecified atom stereocenters. The average Bonchev–Trinajstić information content (AvgIpc) is 2.60. The number of benzene rings is 2. The van der Waals surface area contributed by atoms with E-state index < -0.39 is 0 Å². The minimum atomic E-state index is -0.383. The van der Waals surface area contributed by atoms with Gasteiger partial charge in [0.2, 0.25) is 0 Å². The molecule has 0 aliphatic heterocycles. The molecule has 0 fully saturated rings. The van der Waals surface area contributed by atoms with Crippen molar-refractivity contribution in [1.29, 1.82) is 0 Å². The van der Waals surface area contributed by atoms with Crippen molar-refractivity contribution in [3.8, 4) is 0 Å². The average molecular weight is 350 g/mol. The van der Waals surface area contributed by atoms with Crippen molar-refractivity contribution in [2.24, 2.45) is 0 Å². The van der Waals surface area contributed by atoms with Crippen LogP contribution >= 0.6 is 0 Å². The Balaban J connectivity index is 1.84. The molecular formula is C20H19FN4O. The molecule has 6 heteroatoms. The summed E-state index contributed by atoms with van der Waals surface area (Å²) in [5.41, 5.74) is 3.93. The van der Waals surface area contributed by atoms with Crippen molar-refractivity contribution in [1.82, 2.24) is 9.97 Å². The molecule has 0 saturated carbocycles. The van der Waals surface area contributed by atoms with Crippen LogP contribution in [0.5, 0.6) is 0 Å². The zero-order chi connectivity index (χ0) is 18.7. The molecule has 1 heterocycles.